The molecule has 3 N–H and O–H groups in total. The molecule has 0 heterocycles. The molecule has 1 aliphatic rings. The number of carbonyl (C=O) groups is 1. The van der Waals surface area contributed by atoms with Gasteiger partial charge in [-0.05, 0) is 25.3 Å². The van der Waals surface area contributed by atoms with Crippen molar-refractivity contribution in [3.05, 3.63) is 11.6 Å². The highest BCUT2D eigenvalue weighted by Crippen LogP contribution is 2.23. The Balaban J connectivity index is 2.35. The number of carbonyl (C=O) groups excluding carboxylic acids is 1. The van der Waals surface area contributed by atoms with Crippen LogP contribution in [0, 0.1) is 5.92 Å². The summed E-state index contributed by atoms with van der Waals surface area (Å²) >= 11 is 0. The smallest absolute Gasteiger partial charge is 0.323 e. The molecule has 0 atom stereocenters. The molecule has 7 nitrogen and oxygen atoms in total. The van der Waals surface area contributed by atoms with Crippen molar-refractivity contribution in [2.45, 2.75) is 39.0 Å². The van der Waals surface area contributed by atoms with Gasteiger partial charge in [0.15, 0.2) is 0 Å². The minimum absolute atomic E-state index is 0.0229. The van der Waals surface area contributed by atoms with E-state index in [0.717, 1.165) is 32.1 Å². The Bertz CT molecular complexity index is 441. The van der Waals surface area contributed by atoms with Crippen LogP contribution in [0.4, 0.5) is 0 Å². The molecule has 0 unspecified atom stereocenters. The Hall–Kier alpha value is -0.960. The molecule has 1 rings (SSSR count). The van der Waals surface area contributed by atoms with Crippen LogP contribution in [0.15, 0.2) is 11.6 Å². The normalized spacial score (nSPS) is 18.0. The van der Waals surface area contributed by atoms with E-state index in [0.29, 0.717) is 5.57 Å². The van der Waals surface area contributed by atoms with Crippen molar-refractivity contribution in [3.63, 3.8) is 0 Å². The third-order valence-electron chi connectivity index (χ3n) is 3.14. The molecule has 0 aromatic rings. The maximum atomic E-state index is 11.8. The Labute approximate surface area is 119 Å². The van der Waals surface area contributed by atoms with Crippen LogP contribution in [-0.2, 0) is 19.8 Å². The molecule has 0 aromatic heterocycles. The first-order valence-corrected chi connectivity index (χ1v) is 8.14. The van der Waals surface area contributed by atoms with Gasteiger partial charge in [-0.25, -0.2) is 4.72 Å². The predicted molar refractivity (Wildman–Crippen MR) is 73.6 cm³/mol. The largest absolute Gasteiger partial charge is 0.392 e. The molecule has 0 radical (unpaired) electrons. The summed E-state index contributed by atoms with van der Waals surface area (Å²) in [6, 6.07) is 0. The average molecular weight is 306 g/mol. The molecule has 1 fully saturated rings. The molecule has 1 aliphatic carbocycles. The Kier molecular flexibility index (Phi) is 7.14. The number of amides is 1. The summed E-state index contributed by atoms with van der Waals surface area (Å²) in [7, 11) is -4.00. The molecule has 0 bridgehead atoms. The lowest BCUT2D eigenvalue weighted by Crippen LogP contribution is -2.43. The topological polar surface area (TPSA) is 105 Å². The SMILES string of the molecule is C/C(=C\CONS(=O)(=O)NC(=O)C1CCCCC1)CO. The zero-order valence-electron chi connectivity index (χ0n) is 11.6. The predicted octanol–water partition coefficient (Wildman–Crippen LogP) is 0.387. The van der Waals surface area contributed by atoms with E-state index in [2.05, 4.69) is 0 Å². The summed E-state index contributed by atoms with van der Waals surface area (Å²) in [5.41, 5.74) is 0.662. The number of hydrogen-bond acceptors (Lipinski definition) is 5. The van der Waals surface area contributed by atoms with Gasteiger partial charge in [-0.2, -0.15) is 8.42 Å². The van der Waals surface area contributed by atoms with Gasteiger partial charge < -0.3 is 5.11 Å². The van der Waals surface area contributed by atoms with Crippen LogP contribution in [0.5, 0.6) is 0 Å². The molecule has 8 heteroatoms. The zero-order valence-corrected chi connectivity index (χ0v) is 12.4. The molecular formula is C12H22N2O5S. The highest BCUT2D eigenvalue weighted by molar-refractivity contribution is 7.87. The third kappa shape index (κ3) is 6.47. The first-order chi connectivity index (χ1) is 9.44. The van der Waals surface area contributed by atoms with E-state index in [4.69, 9.17) is 9.94 Å². The molecule has 0 saturated heterocycles. The number of aliphatic hydroxyl groups is 1. The molecule has 1 amide bonds. The fraction of sp³-hybridized carbons (Fsp3) is 0.750. The molecule has 0 spiro atoms. The van der Waals surface area contributed by atoms with Crippen LogP contribution in [0.2, 0.25) is 0 Å². The lowest BCUT2D eigenvalue weighted by atomic mass is 9.89. The highest BCUT2D eigenvalue weighted by atomic mass is 32.2. The van der Waals surface area contributed by atoms with Gasteiger partial charge in [0.1, 0.15) is 0 Å². The number of aliphatic hydroxyl groups excluding tert-OH is 1. The second-order valence-electron chi connectivity index (χ2n) is 4.91. The molecule has 0 aromatic carbocycles. The van der Waals surface area contributed by atoms with Crippen LogP contribution in [-0.4, -0.2) is 32.6 Å². The maximum Gasteiger partial charge on any atom is 0.323 e. The van der Waals surface area contributed by atoms with E-state index in [9.17, 15) is 13.2 Å². The lowest BCUT2D eigenvalue weighted by molar-refractivity contribution is -0.124. The van der Waals surface area contributed by atoms with Crippen LogP contribution >= 0.6 is 0 Å². The number of hydrogen-bond donors (Lipinski definition) is 3. The van der Waals surface area contributed by atoms with Crippen molar-refractivity contribution in [1.29, 1.82) is 0 Å². The number of rotatable bonds is 7. The van der Waals surface area contributed by atoms with Crippen LogP contribution in [0.1, 0.15) is 39.0 Å². The van der Waals surface area contributed by atoms with E-state index < -0.39 is 16.1 Å². The third-order valence-corrected chi connectivity index (χ3v) is 3.95. The first-order valence-electron chi connectivity index (χ1n) is 6.66. The first kappa shape index (κ1) is 17.1. The molecular weight excluding hydrogens is 284 g/mol. The minimum atomic E-state index is -4.00. The fourth-order valence-electron chi connectivity index (χ4n) is 1.96. The summed E-state index contributed by atoms with van der Waals surface area (Å²) in [6.07, 6.45) is 5.97. The summed E-state index contributed by atoms with van der Waals surface area (Å²) in [6.45, 7) is 1.54. The average Bonchev–Trinajstić information content (AvgIpc) is 2.43. The van der Waals surface area contributed by atoms with E-state index in [1.165, 1.54) is 6.08 Å². The summed E-state index contributed by atoms with van der Waals surface area (Å²) in [5.74, 6) is -0.722. The molecule has 0 aliphatic heterocycles. The second kappa shape index (κ2) is 8.35. The van der Waals surface area contributed by atoms with Gasteiger partial charge >= 0.3 is 10.2 Å². The van der Waals surface area contributed by atoms with Gasteiger partial charge in [-0.3, -0.25) is 9.63 Å². The van der Waals surface area contributed by atoms with E-state index in [1.807, 2.05) is 9.61 Å². The highest BCUT2D eigenvalue weighted by Gasteiger charge is 2.24. The van der Waals surface area contributed by atoms with Crippen LogP contribution < -0.4 is 9.61 Å². The van der Waals surface area contributed by atoms with Gasteiger partial charge in [-0.15, -0.1) is 0 Å². The minimum Gasteiger partial charge on any atom is -0.392 e. The van der Waals surface area contributed by atoms with E-state index in [1.54, 1.807) is 6.92 Å². The zero-order chi connectivity index (χ0) is 15.0. The van der Waals surface area contributed by atoms with Gasteiger partial charge in [0, 0.05) is 5.92 Å². The van der Waals surface area contributed by atoms with Gasteiger partial charge in [0.25, 0.3) is 0 Å². The summed E-state index contributed by atoms with van der Waals surface area (Å²) in [4.78, 5) is 18.3. The Morgan fingerprint density at radius 3 is 2.60 bits per heavy atom. The standard InChI is InChI=1S/C12H22N2O5S/c1-10(9-15)7-8-19-14-20(17,18)13-12(16)11-5-3-2-4-6-11/h7,11,14-15H,2-6,8-9H2,1H3,(H,13,16)/b10-7+. The Morgan fingerprint density at radius 1 is 1.35 bits per heavy atom. The summed E-state index contributed by atoms with van der Waals surface area (Å²) in [5, 5.41) is 8.74. The fourth-order valence-corrected chi connectivity index (χ4v) is 2.66. The van der Waals surface area contributed by atoms with Crippen molar-refractivity contribution in [2.75, 3.05) is 13.2 Å². The molecule has 20 heavy (non-hydrogen) atoms. The molecule has 1 saturated carbocycles. The van der Waals surface area contributed by atoms with Crippen molar-refractivity contribution < 1.29 is 23.2 Å². The maximum absolute atomic E-state index is 11.8. The quantitative estimate of drug-likeness (QED) is 0.358. The van der Waals surface area contributed by atoms with Crippen molar-refractivity contribution in [3.8, 4) is 0 Å². The second-order valence-corrected chi connectivity index (χ2v) is 6.29. The lowest BCUT2D eigenvalue weighted by Gasteiger charge is -2.20. The van der Waals surface area contributed by atoms with Gasteiger partial charge in [0.2, 0.25) is 5.91 Å². The van der Waals surface area contributed by atoms with E-state index >= 15 is 0 Å². The van der Waals surface area contributed by atoms with E-state index in [-0.39, 0.29) is 19.1 Å². The van der Waals surface area contributed by atoms with Crippen LogP contribution in [0.3, 0.4) is 0 Å². The monoisotopic (exact) mass is 306 g/mol. The van der Waals surface area contributed by atoms with Crippen molar-refractivity contribution in [2.24, 2.45) is 5.92 Å². The van der Waals surface area contributed by atoms with Gasteiger partial charge in [0.05, 0.1) is 13.2 Å². The van der Waals surface area contributed by atoms with Crippen molar-refractivity contribution in [1.82, 2.24) is 9.61 Å². The van der Waals surface area contributed by atoms with Gasteiger partial charge in [-0.1, -0.05) is 30.2 Å². The summed E-state index contributed by atoms with van der Waals surface area (Å²) < 4.78 is 25.1. The van der Waals surface area contributed by atoms with Crippen molar-refractivity contribution >= 4 is 16.1 Å². The Morgan fingerprint density at radius 2 is 2.00 bits per heavy atom. The molecule has 116 valence electrons. The van der Waals surface area contributed by atoms with Crippen LogP contribution in [0.25, 0.3) is 0 Å². The number of nitrogens with one attached hydrogen (secondary N) is 2.